The van der Waals surface area contributed by atoms with Crippen molar-refractivity contribution in [1.82, 2.24) is 0 Å². The van der Waals surface area contributed by atoms with E-state index in [2.05, 4.69) is 54.2 Å². The molecule has 2 aromatic carbocycles. The van der Waals surface area contributed by atoms with Gasteiger partial charge in [0.05, 0.1) is 6.04 Å². The van der Waals surface area contributed by atoms with E-state index in [9.17, 15) is 4.39 Å². The lowest BCUT2D eigenvalue weighted by Crippen LogP contribution is -2.12. The van der Waals surface area contributed by atoms with Gasteiger partial charge in [0.1, 0.15) is 5.82 Å². The first-order valence-corrected chi connectivity index (χ1v) is 7.89. The van der Waals surface area contributed by atoms with Crippen molar-refractivity contribution >= 4 is 21.6 Å². The normalized spacial score (nSPS) is 13.0. The molecule has 112 valence electrons. The molecule has 0 aliphatic rings. The molecule has 2 aromatic rings. The van der Waals surface area contributed by atoms with E-state index in [1.54, 1.807) is 6.07 Å². The summed E-state index contributed by atoms with van der Waals surface area (Å²) in [6.45, 7) is 8.53. The molecular formula is C18H21BrFN. The van der Waals surface area contributed by atoms with E-state index in [4.69, 9.17) is 0 Å². The first-order chi connectivity index (χ1) is 9.77. The molecule has 1 atom stereocenters. The van der Waals surface area contributed by atoms with Crippen molar-refractivity contribution in [3.8, 4) is 0 Å². The fourth-order valence-electron chi connectivity index (χ4n) is 2.25. The van der Waals surface area contributed by atoms with Crippen LogP contribution in [0.15, 0.2) is 46.9 Å². The Hall–Kier alpha value is -1.35. The van der Waals surface area contributed by atoms with Gasteiger partial charge < -0.3 is 5.32 Å². The van der Waals surface area contributed by atoms with Crippen LogP contribution >= 0.6 is 15.9 Å². The predicted molar refractivity (Wildman–Crippen MR) is 91.3 cm³/mol. The fourth-order valence-corrected chi connectivity index (χ4v) is 2.58. The number of hydrogen-bond acceptors (Lipinski definition) is 1. The molecule has 0 bridgehead atoms. The Labute approximate surface area is 134 Å². The molecule has 0 saturated carbocycles. The Morgan fingerprint density at radius 3 is 2.19 bits per heavy atom. The van der Waals surface area contributed by atoms with Crippen molar-refractivity contribution in [3.63, 3.8) is 0 Å². The van der Waals surface area contributed by atoms with Gasteiger partial charge in [0.25, 0.3) is 0 Å². The average Bonchev–Trinajstić information content (AvgIpc) is 2.38. The fraction of sp³-hybridized carbons (Fsp3) is 0.333. The summed E-state index contributed by atoms with van der Waals surface area (Å²) in [5.41, 5.74) is 3.09. The molecule has 0 heterocycles. The molecule has 1 nitrogen and oxygen atoms in total. The molecule has 3 heteroatoms. The summed E-state index contributed by atoms with van der Waals surface area (Å²) < 4.78 is 14.7. The van der Waals surface area contributed by atoms with Crippen LogP contribution in [0, 0.1) is 5.82 Å². The standard InChI is InChI=1S/C18H21BrFN/c1-12(16-10-7-14(19)11-17(16)20)21-15-8-5-13(6-9-15)18(2,3)4/h5-12,21H,1-4H3. The molecule has 1 N–H and O–H groups in total. The molecule has 0 radical (unpaired) electrons. The Kier molecular flexibility index (Phi) is 4.72. The van der Waals surface area contributed by atoms with Crippen molar-refractivity contribution in [1.29, 1.82) is 0 Å². The van der Waals surface area contributed by atoms with Gasteiger partial charge in [0.2, 0.25) is 0 Å². The zero-order chi connectivity index (χ0) is 15.6. The van der Waals surface area contributed by atoms with Crippen molar-refractivity contribution in [2.45, 2.75) is 39.2 Å². The summed E-state index contributed by atoms with van der Waals surface area (Å²) in [7, 11) is 0. The maximum atomic E-state index is 14.0. The molecule has 0 amide bonds. The Balaban J connectivity index is 2.14. The minimum atomic E-state index is -0.198. The van der Waals surface area contributed by atoms with Gasteiger partial charge in [-0.25, -0.2) is 4.39 Å². The van der Waals surface area contributed by atoms with E-state index >= 15 is 0 Å². The van der Waals surface area contributed by atoms with Crippen molar-refractivity contribution < 1.29 is 4.39 Å². The highest BCUT2D eigenvalue weighted by Gasteiger charge is 2.14. The van der Waals surface area contributed by atoms with Crippen LogP contribution in [0.3, 0.4) is 0 Å². The first kappa shape index (κ1) is 16.0. The van der Waals surface area contributed by atoms with Crippen LogP contribution in [0.4, 0.5) is 10.1 Å². The number of benzene rings is 2. The second kappa shape index (κ2) is 6.18. The van der Waals surface area contributed by atoms with Crippen LogP contribution in [0.25, 0.3) is 0 Å². The third-order valence-electron chi connectivity index (χ3n) is 3.56. The number of anilines is 1. The number of nitrogens with one attached hydrogen (secondary N) is 1. The lowest BCUT2D eigenvalue weighted by Gasteiger charge is -2.21. The van der Waals surface area contributed by atoms with Crippen LogP contribution < -0.4 is 5.32 Å². The van der Waals surface area contributed by atoms with Gasteiger partial charge in [-0.1, -0.05) is 54.9 Å². The molecule has 2 rings (SSSR count). The number of halogens is 2. The van der Waals surface area contributed by atoms with E-state index < -0.39 is 0 Å². The molecule has 0 saturated heterocycles. The topological polar surface area (TPSA) is 12.0 Å². The van der Waals surface area contributed by atoms with Crippen molar-refractivity contribution in [2.24, 2.45) is 0 Å². The average molecular weight is 350 g/mol. The van der Waals surface area contributed by atoms with Crippen LogP contribution in [0.5, 0.6) is 0 Å². The highest BCUT2D eigenvalue weighted by Crippen LogP contribution is 2.27. The largest absolute Gasteiger partial charge is 0.378 e. The minimum absolute atomic E-state index is 0.0846. The van der Waals surface area contributed by atoms with Crippen LogP contribution in [-0.2, 0) is 5.41 Å². The maximum Gasteiger partial charge on any atom is 0.129 e. The number of hydrogen-bond donors (Lipinski definition) is 1. The molecular weight excluding hydrogens is 329 g/mol. The Morgan fingerprint density at radius 2 is 1.67 bits per heavy atom. The van der Waals surface area contributed by atoms with Crippen LogP contribution in [0.2, 0.25) is 0 Å². The highest BCUT2D eigenvalue weighted by atomic mass is 79.9. The van der Waals surface area contributed by atoms with Gasteiger partial charge in [0, 0.05) is 15.7 Å². The molecule has 0 spiro atoms. The summed E-state index contributed by atoms with van der Waals surface area (Å²) in [4.78, 5) is 0. The van der Waals surface area contributed by atoms with Crippen LogP contribution in [0.1, 0.15) is 44.9 Å². The van der Waals surface area contributed by atoms with E-state index in [0.717, 1.165) is 10.2 Å². The van der Waals surface area contributed by atoms with E-state index in [0.29, 0.717) is 5.56 Å². The van der Waals surface area contributed by atoms with E-state index in [-0.39, 0.29) is 17.3 Å². The van der Waals surface area contributed by atoms with Crippen molar-refractivity contribution in [2.75, 3.05) is 5.32 Å². The van der Waals surface area contributed by atoms with E-state index in [1.165, 1.54) is 11.6 Å². The highest BCUT2D eigenvalue weighted by molar-refractivity contribution is 9.10. The molecule has 0 aromatic heterocycles. The second-order valence-electron chi connectivity index (χ2n) is 6.36. The summed E-state index contributed by atoms with van der Waals surface area (Å²) in [6, 6.07) is 13.4. The predicted octanol–water partition coefficient (Wildman–Crippen LogP) is 6.06. The lowest BCUT2D eigenvalue weighted by atomic mass is 9.87. The van der Waals surface area contributed by atoms with Gasteiger partial charge in [-0.2, -0.15) is 0 Å². The molecule has 0 fully saturated rings. The van der Waals surface area contributed by atoms with E-state index in [1.807, 2.05) is 25.1 Å². The second-order valence-corrected chi connectivity index (χ2v) is 7.27. The molecule has 0 aliphatic heterocycles. The van der Waals surface area contributed by atoms with Gasteiger partial charge in [-0.3, -0.25) is 0 Å². The van der Waals surface area contributed by atoms with Gasteiger partial charge in [0.15, 0.2) is 0 Å². The van der Waals surface area contributed by atoms with Crippen molar-refractivity contribution in [3.05, 3.63) is 63.9 Å². The van der Waals surface area contributed by atoms with Gasteiger partial charge in [-0.05, 0) is 42.2 Å². The minimum Gasteiger partial charge on any atom is -0.378 e. The van der Waals surface area contributed by atoms with Crippen LogP contribution in [-0.4, -0.2) is 0 Å². The molecule has 0 aliphatic carbocycles. The zero-order valence-electron chi connectivity index (χ0n) is 12.9. The summed E-state index contributed by atoms with van der Waals surface area (Å²) in [6.07, 6.45) is 0. The number of rotatable bonds is 3. The third-order valence-corrected chi connectivity index (χ3v) is 4.06. The van der Waals surface area contributed by atoms with Gasteiger partial charge >= 0.3 is 0 Å². The zero-order valence-corrected chi connectivity index (χ0v) is 14.5. The third kappa shape index (κ3) is 4.07. The monoisotopic (exact) mass is 349 g/mol. The Bertz CT molecular complexity index is 614. The maximum absolute atomic E-state index is 14.0. The summed E-state index contributed by atoms with van der Waals surface area (Å²) in [5, 5.41) is 3.34. The summed E-state index contributed by atoms with van der Waals surface area (Å²) in [5.74, 6) is -0.198. The Morgan fingerprint density at radius 1 is 1.05 bits per heavy atom. The smallest absolute Gasteiger partial charge is 0.129 e. The van der Waals surface area contributed by atoms with Gasteiger partial charge in [-0.15, -0.1) is 0 Å². The summed E-state index contributed by atoms with van der Waals surface area (Å²) >= 11 is 3.28. The quantitative estimate of drug-likeness (QED) is 0.710. The molecule has 21 heavy (non-hydrogen) atoms. The molecule has 1 unspecified atom stereocenters. The SMILES string of the molecule is CC(Nc1ccc(C(C)(C)C)cc1)c1ccc(Br)cc1F. The first-order valence-electron chi connectivity index (χ1n) is 7.09. The lowest BCUT2D eigenvalue weighted by molar-refractivity contribution is 0.590.